The molecule has 0 saturated heterocycles. The molecule has 160 valence electrons. The highest BCUT2D eigenvalue weighted by atomic mass is 28.4. The number of hydrogen-bond donors (Lipinski definition) is 1. The normalized spacial score (nSPS) is 18.5. The minimum atomic E-state index is -1.90. The van der Waals surface area contributed by atoms with Crippen molar-refractivity contribution in [2.45, 2.75) is 82.8 Å². The molecule has 0 atom stereocenters. The van der Waals surface area contributed by atoms with E-state index in [2.05, 4.69) is 32.5 Å². The number of phenolic OH excluding ortho intramolecular Hbond substituents is 1. The second-order valence-electron chi connectivity index (χ2n) is 9.47. The lowest BCUT2D eigenvalue weighted by Gasteiger charge is -2.38. The molecule has 0 heterocycles. The fraction of sp³-hybridized carbons (Fsp3) is 0.500. The van der Waals surface area contributed by atoms with Crippen molar-refractivity contribution in [3.05, 3.63) is 53.1 Å². The molecule has 0 bridgehead atoms. The van der Waals surface area contributed by atoms with Crippen LogP contribution in [0.3, 0.4) is 0 Å². The molecule has 0 aromatic heterocycles. The van der Waals surface area contributed by atoms with Crippen LogP contribution < -0.4 is 4.43 Å². The van der Waals surface area contributed by atoms with Crippen molar-refractivity contribution in [3.63, 3.8) is 0 Å². The Hall–Kier alpha value is -2.07. The van der Waals surface area contributed by atoms with E-state index in [9.17, 15) is 5.11 Å². The fourth-order valence-electron chi connectivity index (χ4n) is 5.59. The number of para-hydroxylation sites is 1. The molecular weight excluding hydrogens is 386 g/mol. The van der Waals surface area contributed by atoms with Crippen LogP contribution in [-0.4, -0.2) is 19.6 Å². The standard InChI is InChI=1S/C26H35NO2Si/c1-19-9-8-10-20(2)26(19)27-18-21-17-22(15-16-25(21)28)29-30(3,23-11-4-5-12-23)24-13-6-7-14-24/h8-10,15-18,23-24,28H,4-7,11-14H2,1-3H3. The minimum absolute atomic E-state index is 0.252. The molecule has 30 heavy (non-hydrogen) atoms. The van der Waals surface area contributed by atoms with E-state index < -0.39 is 8.32 Å². The Morgan fingerprint density at radius 3 is 2.07 bits per heavy atom. The lowest BCUT2D eigenvalue weighted by Crippen LogP contribution is -2.46. The molecule has 0 amide bonds. The van der Waals surface area contributed by atoms with Crippen LogP contribution in [-0.2, 0) is 0 Å². The molecule has 2 saturated carbocycles. The maximum absolute atomic E-state index is 10.4. The number of hydrogen-bond acceptors (Lipinski definition) is 3. The molecule has 1 N–H and O–H groups in total. The molecule has 3 nitrogen and oxygen atoms in total. The third-order valence-corrected chi connectivity index (χ3v) is 12.5. The third kappa shape index (κ3) is 4.34. The average molecular weight is 422 g/mol. The first-order chi connectivity index (χ1) is 14.5. The van der Waals surface area contributed by atoms with Gasteiger partial charge in [0.25, 0.3) is 8.32 Å². The van der Waals surface area contributed by atoms with E-state index in [0.717, 1.165) is 39.2 Å². The monoisotopic (exact) mass is 421 g/mol. The van der Waals surface area contributed by atoms with Gasteiger partial charge in [-0.3, -0.25) is 4.99 Å². The van der Waals surface area contributed by atoms with Crippen LogP contribution in [0.5, 0.6) is 11.5 Å². The van der Waals surface area contributed by atoms with Gasteiger partial charge in [0.15, 0.2) is 0 Å². The van der Waals surface area contributed by atoms with Crippen molar-refractivity contribution >= 4 is 20.2 Å². The summed E-state index contributed by atoms with van der Waals surface area (Å²) < 4.78 is 6.93. The van der Waals surface area contributed by atoms with Gasteiger partial charge in [-0.15, -0.1) is 0 Å². The van der Waals surface area contributed by atoms with E-state index >= 15 is 0 Å². The van der Waals surface area contributed by atoms with Gasteiger partial charge in [0.2, 0.25) is 0 Å². The van der Waals surface area contributed by atoms with Gasteiger partial charge in [-0.2, -0.15) is 0 Å². The molecule has 2 aliphatic carbocycles. The highest BCUT2D eigenvalue weighted by molar-refractivity contribution is 6.76. The molecule has 0 unspecified atom stereocenters. The topological polar surface area (TPSA) is 41.8 Å². The smallest absolute Gasteiger partial charge is 0.254 e. The van der Waals surface area contributed by atoms with Crippen molar-refractivity contribution in [1.82, 2.24) is 0 Å². The zero-order chi connectivity index (χ0) is 21.1. The third-order valence-electron chi connectivity index (χ3n) is 7.44. The highest BCUT2D eigenvalue weighted by Crippen LogP contribution is 2.50. The van der Waals surface area contributed by atoms with Crippen molar-refractivity contribution < 1.29 is 9.53 Å². The van der Waals surface area contributed by atoms with Gasteiger partial charge in [-0.1, -0.05) is 43.9 Å². The van der Waals surface area contributed by atoms with Crippen LogP contribution in [0.2, 0.25) is 17.6 Å². The fourth-order valence-corrected chi connectivity index (χ4v) is 10.3. The zero-order valence-electron chi connectivity index (χ0n) is 18.7. The Kier molecular flexibility index (Phi) is 6.33. The lowest BCUT2D eigenvalue weighted by molar-refractivity contribution is 0.465. The molecule has 0 spiro atoms. The molecule has 2 aromatic carbocycles. The van der Waals surface area contributed by atoms with Crippen LogP contribution in [0.4, 0.5) is 5.69 Å². The van der Waals surface area contributed by atoms with Gasteiger partial charge >= 0.3 is 0 Å². The Balaban J connectivity index is 1.61. The summed E-state index contributed by atoms with van der Waals surface area (Å²) in [6.07, 6.45) is 12.5. The van der Waals surface area contributed by atoms with E-state index in [1.807, 2.05) is 18.2 Å². The van der Waals surface area contributed by atoms with E-state index in [1.165, 1.54) is 51.4 Å². The van der Waals surface area contributed by atoms with Crippen LogP contribution >= 0.6 is 0 Å². The predicted octanol–water partition coefficient (Wildman–Crippen LogP) is 7.60. The number of nitrogens with zero attached hydrogens (tertiary/aromatic N) is 1. The quantitative estimate of drug-likeness (QED) is 0.385. The Morgan fingerprint density at radius 1 is 0.933 bits per heavy atom. The maximum Gasteiger partial charge on any atom is 0.254 e. The summed E-state index contributed by atoms with van der Waals surface area (Å²) in [6.45, 7) is 6.62. The number of phenols is 1. The van der Waals surface area contributed by atoms with E-state index in [1.54, 1.807) is 12.3 Å². The molecule has 2 aromatic rings. The van der Waals surface area contributed by atoms with Gasteiger partial charge in [-0.05, 0) is 86.5 Å². The van der Waals surface area contributed by atoms with E-state index in [-0.39, 0.29) is 5.75 Å². The minimum Gasteiger partial charge on any atom is -0.543 e. The summed E-state index contributed by atoms with van der Waals surface area (Å²) in [4.78, 5) is 4.70. The maximum atomic E-state index is 10.4. The number of aryl methyl sites for hydroxylation is 2. The number of rotatable bonds is 6. The van der Waals surface area contributed by atoms with Crippen LogP contribution in [0.15, 0.2) is 41.4 Å². The van der Waals surface area contributed by atoms with Gasteiger partial charge in [0.05, 0.1) is 5.69 Å². The summed E-state index contributed by atoms with van der Waals surface area (Å²) >= 11 is 0. The summed E-state index contributed by atoms with van der Waals surface area (Å²) in [5.74, 6) is 1.16. The molecule has 0 radical (unpaired) electrons. The van der Waals surface area contributed by atoms with Crippen LogP contribution in [0.1, 0.15) is 68.1 Å². The molecule has 4 rings (SSSR count). The molecule has 0 aliphatic heterocycles. The Bertz CT molecular complexity index is 875. The number of benzene rings is 2. The van der Waals surface area contributed by atoms with Gasteiger partial charge < -0.3 is 9.53 Å². The summed E-state index contributed by atoms with van der Waals surface area (Å²) in [7, 11) is -1.90. The van der Waals surface area contributed by atoms with Gasteiger partial charge in [0.1, 0.15) is 11.5 Å². The van der Waals surface area contributed by atoms with Crippen molar-refractivity contribution in [2.24, 2.45) is 4.99 Å². The average Bonchev–Trinajstić information content (AvgIpc) is 3.44. The largest absolute Gasteiger partial charge is 0.543 e. The summed E-state index contributed by atoms with van der Waals surface area (Å²) in [5.41, 5.74) is 5.51. The second-order valence-corrected chi connectivity index (χ2v) is 13.7. The number of aromatic hydroxyl groups is 1. The van der Waals surface area contributed by atoms with Crippen molar-refractivity contribution in [3.8, 4) is 11.5 Å². The van der Waals surface area contributed by atoms with E-state index in [0.29, 0.717) is 0 Å². The Morgan fingerprint density at radius 2 is 1.50 bits per heavy atom. The molecule has 2 fully saturated rings. The lowest BCUT2D eigenvalue weighted by atomic mass is 10.1. The predicted molar refractivity (Wildman–Crippen MR) is 128 cm³/mol. The summed E-state index contributed by atoms with van der Waals surface area (Å²) in [6, 6.07) is 11.9. The van der Waals surface area contributed by atoms with Crippen LogP contribution in [0.25, 0.3) is 0 Å². The first-order valence-electron chi connectivity index (χ1n) is 11.6. The van der Waals surface area contributed by atoms with Gasteiger partial charge in [-0.25, -0.2) is 0 Å². The summed E-state index contributed by atoms with van der Waals surface area (Å²) in [5, 5.41) is 10.4. The SMILES string of the molecule is Cc1cccc(C)c1N=Cc1cc(O[Si](C)(C2CCCC2)C2CCCC2)ccc1O. The van der Waals surface area contributed by atoms with Crippen LogP contribution in [0, 0.1) is 13.8 Å². The van der Waals surface area contributed by atoms with E-state index in [4.69, 9.17) is 9.42 Å². The Labute approximate surface area is 182 Å². The van der Waals surface area contributed by atoms with Crippen molar-refractivity contribution in [2.75, 3.05) is 0 Å². The first kappa shape index (κ1) is 21.2. The zero-order valence-corrected chi connectivity index (χ0v) is 19.7. The molecule has 4 heteroatoms. The first-order valence-corrected chi connectivity index (χ1v) is 14.2. The number of aliphatic imine (C=N–C) groups is 1. The highest BCUT2D eigenvalue weighted by Gasteiger charge is 2.48. The molecule has 2 aliphatic rings. The van der Waals surface area contributed by atoms with Gasteiger partial charge in [0, 0.05) is 11.8 Å². The second kappa shape index (κ2) is 8.97. The molecular formula is C26H35NO2Si. The van der Waals surface area contributed by atoms with Crippen molar-refractivity contribution in [1.29, 1.82) is 0 Å².